The molecule has 104 valence electrons. The number of rotatable bonds is 3. The topological polar surface area (TPSA) is 89.5 Å². The Labute approximate surface area is 117 Å². The summed E-state index contributed by atoms with van der Waals surface area (Å²) in [5.41, 5.74) is 6.62. The number of nitrogens with zero attached hydrogens (tertiary/aromatic N) is 3. The second kappa shape index (κ2) is 5.46. The Hall–Kier alpha value is -2.14. The summed E-state index contributed by atoms with van der Waals surface area (Å²) in [6.07, 6.45) is 10.1. The van der Waals surface area contributed by atoms with Crippen LogP contribution in [0.4, 0.5) is 0 Å². The minimum atomic E-state index is -0.384. The summed E-state index contributed by atoms with van der Waals surface area (Å²) in [5.74, 6) is 1.13. The van der Waals surface area contributed by atoms with Gasteiger partial charge in [-0.2, -0.15) is 5.10 Å². The van der Waals surface area contributed by atoms with Gasteiger partial charge in [0.1, 0.15) is 36.2 Å². The molecule has 0 aromatic carbocycles. The van der Waals surface area contributed by atoms with Crippen LogP contribution in [0.15, 0.2) is 46.0 Å². The lowest BCUT2D eigenvalue weighted by atomic mass is 10.0. The van der Waals surface area contributed by atoms with E-state index in [1.807, 2.05) is 23.2 Å². The predicted molar refractivity (Wildman–Crippen MR) is 73.8 cm³/mol. The first-order valence-electron chi connectivity index (χ1n) is 6.17. The van der Waals surface area contributed by atoms with Crippen molar-refractivity contribution in [3.8, 4) is 0 Å². The maximum atomic E-state index is 10.3. The van der Waals surface area contributed by atoms with E-state index in [9.17, 15) is 4.57 Å². The number of hydrogen-bond donors (Lipinski definition) is 1. The molecule has 0 saturated carbocycles. The highest BCUT2D eigenvalue weighted by atomic mass is 31.1. The molecule has 1 unspecified atom stereocenters. The Balaban J connectivity index is 1.75. The third-order valence-corrected chi connectivity index (χ3v) is 3.50. The van der Waals surface area contributed by atoms with E-state index in [1.54, 1.807) is 0 Å². The van der Waals surface area contributed by atoms with Gasteiger partial charge in [-0.05, 0) is 12.5 Å². The van der Waals surface area contributed by atoms with Gasteiger partial charge in [0.25, 0.3) is 0 Å². The van der Waals surface area contributed by atoms with Gasteiger partial charge in [0.15, 0.2) is 5.84 Å². The van der Waals surface area contributed by atoms with Crippen LogP contribution in [-0.4, -0.2) is 29.3 Å². The van der Waals surface area contributed by atoms with Gasteiger partial charge in [0, 0.05) is 6.42 Å². The molecule has 0 aliphatic carbocycles. The fourth-order valence-electron chi connectivity index (χ4n) is 2.42. The van der Waals surface area contributed by atoms with Gasteiger partial charge in [0.2, 0.25) is 0 Å². The van der Waals surface area contributed by atoms with Crippen molar-refractivity contribution in [2.45, 2.75) is 25.0 Å². The smallest absolute Gasteiger partial charge is 0.395 e. The molecule has 2 N–H and O–H groups in total. The Bertz CT molecular complexity index is 567. The van der Waals surface area contributed by atoms with Gasteiger partial charge >= 0.3 is 8.69 Å². The van der Waals surface area contributed by atoms with Crippen LogP contribution in [0.25, 0.3) is 0 Å². The summed E-state index contributed by atoms with van der Waals surface area (Å²) < 4.78 is 20.8. The van der Waals surface area contributed by atoms with E-state index in [1.165, 1.54) is 12.6 Å². The lowest BCUT2D eigenvalue weighted by Crippen LogP contribution is -2.44. The number of ether oxygens (including phenoxy) is 1. The fraction of sp³-hybridized carbons (Fsp3) is 0.333. The van der Waals surface area contributed by atoms with Crippen molar-refractivity contribution < 1.29 is 13.8 Å². The third-order valence-electron chi connectivity index (χ3n) is 3.31. The van der Waals surface area contributed by atoms with Crippen molar-refractivity contribution in [2.75, 3.05) is 0 Å². The molecule has 8 heteroatoms. The highest BCUT2D eigenvalue weighted by Gasteiger charge is 2.35. The quantitative estimate of drug-likeness (QED) is 0.631. The van der Waals surface area contributed by atoms with Crippen molar-refractivity contribution in [1.82, 2.24) is 5.01 Å². The van der Waals surface area contributed by atoms with Crippen molar-refractivity contribution >= 4 is 20.9 Å². The molecule has 20 heavy (non-hydrogen) atoms. The van der Waals surface area contributed by atoms with E-state index in [2.05, 4.69) is 10.1 Å². The molecular formula is C12H13N4O3P. The number of hydrazone groups is 1. The fourth-order valence-corrected chi connectivity index (χ4v) is 2.58. The normalized spacial score (nSPS) is 30.0. The SMILES string of the molecule is NC1=NC=NN2C1=CC=C[C@@H]2C1CC/C(=C\OP=O)O1. The summed E-state index contributed by atoms with van der Waals surface area (Å²) >= 11 is 0. The first kappa shape index (κ1) is 12.9. The first-order chi connectivity index (χ1) is 9.79. The summed E-state index contributed by atoms with van der Waals surface area (Å²) in [5, 5.41) is 6.06. The van der Waals surface area contributed by atoms with Crippen LogP contribution < -0.4 is 5.73 Å². The number of allylic oxidation sites excluding steroid dienone is 3. The molecule has 7 nitrogen and oxygen atoms in total. The van der Waals surface area contributed by atoms with E-state index < -0.39 is 0 Å². The van der Waals surface area contributed by atoms with Gasteiger partial charge in [-0.3, -0.25) is 0 Å². The molecule has 0 bridgehead atoms. The van der Waals surface area contributed by atoms with Crippen molar-refractivity contribution in [3.63, 3.8) is 0 Å². The highest BCUT2D eigenvalue weighted by Crippen LogP contribution is 2.32. The Kier molecular flexibility index (Phi) is 3.52. The van der Waals surface area contributed by atoms with E-state index in [4.69, 9.17) is 15.0 Å². The average Bonchev–Trinajstić information content (AvgIpc) is 2.94. The second-order valence-corrected chi connectivity index (χ2v) is 4.84. The van der Waals surface area contributed by atoms with Crippen molar-refractivity contribution in [2.24, 2.45) is 15.8 Å². The van der Waals surface area contributed by atoms with Crippen LogP contribution in [-0.2, 0) is 13.8 Å². The second-order valence-electron chi connectivity index (χ2n) is 4.48. The molecule has 3 aliphatic heterocycles. The number of fused-ring (bicyclic) bond motifs is 1. The summed E-state index contributed by atoms with van der Waals surface area (Å²) in [4.78, 5) is 3.98. The maximum absolute atomic E-state index is 10.3. The number of aliphatic imine (C=N–C) groups is 1. The molecule has 3 heterocycles. The monoisotopic (exact) mass is 292 g/mol. The molecule has 1 saturated heterocycles. The lowest BCUT2D eigenvalue weighted by Gasteiger charge is -2.34. The van der Waals surface area contributed by atoms with Crippen LogP contribution in [0.1, 0.15) is 12.8 Å². The zero-order valence-electron chi connectivity index (χ0n) is 10.5. The minimum Gasteiger partial charge on any atom is -0.489 e. The summed E-state index contributed by atoms with van der Waals surface area (Å²) in [6.45, 7) is 0. The molecule has 0 spiro atoms. The Morgan fingerprint density at radius 3 is 3.35 bits per heavy atom. The lowest BCUT2D eigenvalue weighted by molar-refractivity contribution is 0.0879. The van der Waals surface area contributed by atoms with Crippen molar-refractivity contribution in [1.29, 1.82) is 0 Å². The molecule has 3 aliphatic rings. The predicted octanol–water partition coefficient (Wildman–Crippen LogP) is 1.67. The number of hydrogen-bond acceptors (Lipinski definition) is 7. The first-order valence-corrected chi connectivity index (χ1v) is 6.90. The molecule has 1 fully saturated rings. The molecule has 2 atom stereocenters. The van der Waals surface area contributed by atoms with Gasteiger partial charge in [-0.15, -0.1) is 0 Å². The minimum absolute atomic E-state index is 0.0454. The van der Waals surface area contributed by atoms with E-state index in [0.29, 0.717) is 11.6 Å². The van der Waals surface area contributed by atoms with E-state index in [-0.39, 0.29) is 20.8 Å². The van der Waals surface area contributed by atoms with Crippen LogP contribution in [0.5, 0.6) is 0 Å². The zero-order chi connectivity index (χ0) is 13.9. The molecule has 0 aromatic heterocycles. The molecule has 0 amide bonds. The molecule has 0 aromatic rings. The Morgan fingerprint density at radius 1 is 1.60 bits per heavy atom. The Morgan fingerprint density at radius 2 is 2.50 bits per heavy atom. The molecule has 3 rings (SSSR count). The number of amidine groups is 1. The van der Waals surface area contributed by atoms with Gasteiger partial charge in [-0.25, -0.2) is 14.6 Å². The zero-order valence-corrected chi connectivity index (χ0v) is 11.4. The summed E-state index contributed by atoms with van der Waals surface area (Å²) in [7, 11) is -0.384. The van der Waals surface area contributed by atoms with E-state index >= 15 is 0 Å². The van der Waals surface area contributed by atoms with Gasteiger partial charge < -0.3 is 15.0 Å². The average molecular weight is 292 g/mol. The molecular weight excluding hydrogens is 279 g/mol. The van der Waals surface area contributed by atoms with Crippen LogP contribution in [0, 0.1) is 0 Å². The molecule has 0 radical (unpaired) electrons. The van der Waals surface area contributed by atoms with Crippen LogP contribution in [0.3, 0.4) is 0 Å². The standard InChI is InChI=1S/C12H13N4O3P/c13-12-10-3-1-2-9(16(10)15-7-14-12)11-5-4-8(19-11)6-18-20-17/h1-3,6-7,9,11H,4-5H2,(H2,13,14,15)/b8-6+/t9-,11?/m1/s1. The van der Waals surface area contributed by atoms with E-state index in [0.717, 1.165) is 18.5 Å². The largest absolute Gasteiger partial charge is 0.489 e. The highest BCUT2D eigenvalue weighted by molar-refractivity contribution is 7.17. The van der Waals surface area contributed by atoms with Crippen LogP contribution >= 0.6 is 8.69 Å². The number of nitrogens with two attached hydrogens (primary N) is 1. The van der Waals surface area contributed by atoms with Crippen molar-refractivity contribution in [3.05, 3.63) is 35.9 Å². The summed E-state index contributed by atoms with van der Waals surface area (Å²) in [6, 6.07) is -0.0454. The third kappa shape index (κ3) is 2.32. The van der Waals surface area contributed by atoms with Gasteiger partial charge in [0.05, 0.1) is 0 Å². The van der Waals surface area contributed by atoms with Gasteiger partial charge in [-0.1, -0.05) is 12.2 Å². The maximum Gasteiger partial charge on any atom is 0.395 e. The van der Waals surface area contributed by atoms with Crippen LogP contribution in [0.2, 0.25) is 0 Å².